The maximum Gasteiger partial charge on any atom is 0.411 e. The van der Waals surface area contributed by atoms with Crippen LogP contribution in [0.5, 0.6) is 0 Å². The number of rotatable bonds is 7. The number of fused-ring (bicyclic) bond motifs is 3. The number of hydrogen-bond acceptors (Lipinski definition) is 5. The van der Waals surface area contributed by atoms with Crippen LogP contribution in [0, 0.1) is 5.92 Å². The predicted octanol–water partition coefficient (Wildman–Crippen LogP) is 4.44. The van der Waals surface area contributed by atoms with Gasteiger partial charge >= 0.3 is 6.18 Å². The molecule has 148 valence electrons. The number of ether oxygens (including phenoxy) is 1. The fraction of sp³-hybridized carbons (Fsp3) is 0.556. The van der Waals surface area contributed by atoms with E-state index in [1.807, 2.05) is 0 Å². The van der Waals surface area contributed by atoms with E-state index in [0.29, 0.717) is 23.0 Å². The van der Waals surface area contributed by atoms with Gasteiger partial charge in [-0.2, -0.15) is 13.2 Å². The Morgan fingerprint density at radius 3 is 2.96 bits per heavy atom. The lowest BCUT2D eigenvalue weighted by Gasteiger charge is -2.17. The zero-order valence-electron chi connectivity index (χ0n) is 15.0. The molecule has 0 radical (unpaired) electrons. The van der Waals surface area contributed by atoms with Gasteiger partial charge in [-0.15, -0.1) is 17.9 Å². The smallest absolute Gasteiger partial charge is 0.371 e. The average Bonchev–Trinajstić information content (AvgIpc) is 2.94. The van der Waals surface area contributed by atoms with E-state index in [0.717, 1.165) is 29.7 Å². The zero-order valence-corrected chi connectivity index (χ0v) is 16.6. The number of aryl methyl sites for hydroxylation is 1. The van der Waals surface area contributed by atoms with Gasteiger partial charge in [0.1, 0.15) is 11.4 Å². The van der Waals surface area contributed by atoms with Crippen LogP contribution in [0.15, 0.2) is 22.6 Å². The third-order valence-electron chi connectivity index (χ3n) is 4.42. The topological polar surface area (TPSA) is 44.1 Å². The van der Waals surface area contributed by atoms with Crippen LogP contribution in [0.2, 0.25) is 0 Å². The monoisotopic (exact) mass is 418 g/mol. The molecule has 0 saturated carbocycles. The summed E-state index contributed by atoms with van der Waals surface area (Å²) in [5, 5.41) is 1.19. The Labute approximate surface area is 163 Å². The second kappa shape index (κ2) is 8.36. The number of allylic oxidation sites excluding steroid dienone is 1. The van der Waals surface area contributed by atoms with Crippen molar-refractivity contribution in [3.8, 4) is 0 Å². The molecule has 1 unspecified atom stereocenters. The molecular weight excluding hydrogens is 397 g/mol. The van der Waals surface area contributed by atoms with Crippen LogP contribution >= 0.6 is 23.1 Å². The van der Waals surface area contributed by atoms with Crippen LogP contribution in [-0.4, -0.2) is 34.7 Å². The van der Waals surface area contributed by atoms with Gasteiger partial charge in [0.25, 0.3) is 5.56 Å². The fourth-order valence-corrected chi connectivity index (χ4v) is 5.47. The summed E-state index contributed by atoms with van der Waals surface area (Å²) in [5.41, 5.74) is 1.03. The Morgan fingerprint density at radius 1 is 1.48 bits per heavy atom. The lowest BCUT2D eigenvalue weighted by atomic mass is 9.89. The summed E-state index contributed by atoms with van der Waals surface area (Å²) in [5.74, 6) is 0.883. The zero-order chi connectivity index (χ0) is 19.6. The van der Waals surface area contributed by atoms with Gasteiger partial charge in [0.05, 0.1) is 12.0 Å². The molecule has 0 aliphatic heterocycles. The molecule has 1 aliphatic carbocycles. The Balaban J connectivity index is 1.85. The first-order valence-electron chi connectivity index (χ1n) is 8.73. The van der Waals surface area contributed by atoms with Crippen molar-refractivity contribution in [2.75, 3.05) is 19.0 Å². The molecule has 0 bridgehead atoms. The van der Waals surface area contributed by atoms with Gasteiger partial charge in [-0.25, -0.2) is 4.98 Å². The highest BCUT2D eigenvalue weighted by molar-refractivity contribution is 7.99. The number of thiophene rings is 1. The highest BCUT2D eigenvalue weighted by Gasteiger charge is 2.27. The molecule has 4 nitrogen and oxygen atoms in total. The molecule has 0 aromatic carbocycles. The number of aromatic nitrogens is 2. The molecule has 0 spiro atoms. The van der Waals surface area contributed by atoms with E-state index in [4.69, 9.17) is 0 Å². The second-order valence-corrected chi connectivity index (χ2v) is 8.79. The lowest BCUT2D eigenvalue weighted by Crippen LogP contribution is -2.24. The predicted molar refractivity (Wildman–Crippen MR) is 103 cm³/mol. The molecule has 0 saturated heterocycles. The highest BCUT2D eigenvalue weighted by atomic mass is 32.2. The first-order valence-corrected chi connectivity index (χ1v) is 10.5. The summed E-state index contributed by atoms with van der Waals surface area (Å²) in [6.45, 7) is 4.88. The Kier molecular flexibility index (Phi) is 6.32. The van der Waals surface area contributed by atoms with Crippen molar-refractivity contribution in [2.45, 2.75) is 44.1 Å². The molecule has 0 N–H and O–H groups in total. The summed E-state index contributed by atoms with van der Waals surface area (Å²) < 4.78 is 42.6. The Bertz CT molecular complexity index is 889. The minimum atomic E-state index is -4.33. The first kappa shape index (κ1) is 20.4. The molecule has 2 aromatic heterocycles. The van der Waals surface area contributed by atoms with E-state index in [1.54, 1.807) is 22.0 Å². The SMILES string of the molecule is C=CCn1c(SCCOCC(F)(F)F)nc2sc3c(c2c1=O)CCC(C)C3. The molecule has 0 fully saturated rings. The number of halogens is 3. The summed E-state index contributed by atoms with van der Waals surface area (Å²) in [6.07, 6.45) is 0.205. The molecule has 9 heteroatoms. The average molecular weight is 419 g/mol. The molecule has 2 aromatic rings. The third kappa shape index (κ3) is 4.75. The van der Waals surface area contributed by atoms with Gasteiger partial charge in [-0.1, -0.05) is 24.8 Å². The molecule has 1 aliphatic rings. The third-order valence-corrected chi connectivity index (χ3v) is 6.51. The maximum absolute atomic E-state index is 13.1. The van der Waals surface area contributed by atoms with Crippen LogP contribution in [0.4, 0.5) is 13.2 Å². The lowest BCUT2D eigenvalue weighted by molar-refractivity contribution is -0.172. The number of nitrogens with zero attached hydrogens (tertiary/aromatic N) is 2. The van der Waals surface area contributed by atoms with Crippen molar-refractivity contribution in [1.82, 2.24) is 9.55 Å². The van der Waals surface area contributed by atoms with E-state index in [-0.39, 0.29) is 17.9 Å². The van der Waals surface area contributed by atoms with E-state index in [9.17, 15) is 18.0 Å². The van der Waals surface area contributed by atoms with Crippen LogP contribution in [0.3, 0.4) is 0 Å². The minimum absolute atomic E-state index is 0.0649. The standard InChI is InChI=1S/C18H21F3N2O2S2/c1-3-6-23-16(24)14-12-5-4-11(2)9-13(12)27-15(14)22-17(23)26-8-7-25-10-18(19,20)21/h3,11H,1,4-10H2,2H3. The number of hydrogen-bond donors (Lipinski definition) is 0. The highest BCUT2D eigenvalue weighted by Crippen LogP contribution is 2.36. The summed E-state index contributed by atoms with van der Waals surface area (Å²) >= 11 is 2.79. The minimum Gasteiger partial charge on any atom is -0.371 e. The number of thioether (sulfide) groups is 1. The Morgan fingerprint density at radius 2 is 2.26 bits per heavy atom. The Hall–Kier alpha value is -1.32. The van der Waals surface area contributed by atoms with Crippen LogP contribution in [0.1, 0.15) is 23.8 Å². The van der Waals surface area contributed by atoms with Gasteiger partial charge in [-0.05, 0) is 30.7 Å². The van der Waals surface area contributed by atoms with Gasteiger partial charge < -0.3 is 4.74 Å². The second-order valence-electron chi connectivity index (χ2n) is 6.65. The number of alkyl halides is 3. The summed E-state index contributed by atoms with van der Waals surface area (Å²) in [6, 6.07) is 0. The van der Waals surface area contributed by atoms with Crippen molar-refractivity contribution < 1.29 is 17.9 Å². The van der Waals surface area contributed by atoms with E-state index in [2.05, 4.69) is 23.2 Å². The van der Waals surface area contributed by atoms with Crippen molar-refractivity contribution in [3.05, 3.63) is 33.4 Å². The molecule has 2 heterocycles. The van der Waals surface area contributed by atoms with E-state index in [1.165, 1.54) is 16.6 Å². The van der Waals surface area contributed by atoms with Gasteiger partial charge in [0, 0.05) is 17.2 Å². The molecule has 3 rings (SSSR count). The first-order chi connectivity index (χ1) is 12.8. The quantitative estimate of drug-likeness (QED) is 0.289. The van der Waals surface area contributed by atoms with E-state index >= 15 is 0 Å². The van der Waals surface area contributed by atoms with Gasteiger partial charge in [0.15, 0.2) is 5.16 Å². The molecule has 27 heavy (non-hydrogen) atoms. The van der Waals surface area contributed by atoms with Crippen molar-refractivity contribution in [2.24, 2.45) is 5.92 Å². The van der Waals surface area contributed by atoms with Crippen LogP contribution in [-0.2, 0) is 24.1 Å². The summed E-state index contributed by atoms with van der Waals surface area (Å²) in [4.78, 5) is 19.7. The van der Waals surface area contributed by atoms with Gasteiger partial charge in [-0.3, -0.25) is 9.36 Å². The van der Waals surface area contributed by atoms with Crippen molar-refractivity contribution in [1.29, 1.82) is 0 Å². The largest absolute Gasteiger partial charge is 0.411 e. The van der Waals surface area contributed by atoms with E-state index < -0.39 is 12.8 Å². The van der Waals surface area contributed by atoms with Crippen LogP contribution < -0.4 is 5.56 Å². The van der Waals surface area contributed by atoms with Gasteiger partial charge in [0.2, 0.25) is 0 Å². The van der Waals surface area contributed by atoms with Crippen molar-refractivity contribution >= 4 is 33.3 Å². The van der Waals surface area contributed by atoms with Crippen LogP contribution in [0.25, 0.3) is 10.2 Å². The molecular formula is C18H21F3N2O2S2. The normalized spacial score (nSPS) is 17.3. The fourth-order valence-electron chi connectivity index (χ4n) is 3.18. The van der Waals surface area contributed by atoms with Crippen molar-refractivity contribution in [3.63, 3.8) is 0 Å². The maximum atomic E-state index is 13.1. The molecule has 1 atom stereocenters. The summed E-state index contributed by atoms with van der Waals surface area (Å²) in [7, 11) is 0. The molecule has 0 amide bonds.